The molecule has 0 unspecified atom stereocenters. The molecule has 0 bridgehead atoms. The Hall–Kier alpha value is -3.99. The van der Waals surface area contributed by atoms with Gasteiger partial charge in [-0.25, -0.2) is 14.4 Å². The number of nitriles is 1. The summed E-state index contributed by atoms with van der Waals surface area (Å²) in [5.74, 6) is 0.641. The predicted molar refractivity (Wildman–Crippen MR) is 117 cm³/mol. The minimum absolute atomic E-state index is 0.240. The SMILES string of the molecule is N#Cc1cccc(Nc2ncc3nc(Nc4ccccc4F)n(C4CCCC4)c3n2)c1. The molecule has 7 nitrogen and oxygen atoms in total. The predicted octanol–water partition coefficient (Wildman–Crippen LogP) is 5.44. The van der Waals surface area contributed by atoms with Crippen LogP contribution in [-0.2, 0) is 0 Å². The van der Waals surface area contributed by atoms with Gasteiger partial charge in [0.15, 0.2) is 5.65 Å². The Bertz CT molecular complexity index is 1280. The average Bonchev–Trinajstić information content (AvgIpc) is 3.43. The Labute approximate surface area is 178 Å². The molecule has 2 heterocycles. The minimum Gasteiger partial charge on any atom is -0.324 e. The molecular weight excluding hydrogens is 393 g/mol. The number of benzene rings is 2. The lowest BCUT2D eigenvalue weighted by molar-refractivity contribution is 0.535. The number of hydrogen-bond donors (Lipinski definition) is 2. The van der Waals surface area contributed by atoms with Crippen molar-refractivity contribution in [2.75, 3.05) is 10.6 Å². The molecule has 0 atom stereocenters. The molecule has 154 valence electrons. The molecule has 8 heteroatoms. The van der Waals surface area contributed by atoms with Crippen LogP contribution in [-0.4, -0.2) is 19.5 Å². The zero-order chi connectivity index (χ0) is 21.2. The van der Waals surface area contributed by atoms with Crippen LogP contribution in [0, 0.1) is 17.1 Å². The Balaban J connectivity index is 1.55. The van der Waals surface area contributed by atoms with Crippen molar-refractivity contribution in [3.63, 3.8) is 0 Å². The maximum atomic E-state index is 14.2. The summed E-state index contributed by atoms with van der Waals surface area (Å²) in [4.78, 5) is 13.8. The third-order valence-electron chi connectivity index (χ3n) is 5.49. The van der Waals surface area contributed by atoms with Crippen LogP contribution >= 0.6 is 0 Å². The topological polar surface area (TPSA) is 91.5 Å². The zero-order valence-electron chi connectivity index (χ0n) is 16.7. The van der Waals surface area contributed by atoms with Crippen molar-refractivity contribution < 1.29 is 4.39 Å². The smallest absolute Gasteiger partial charge is 0.229 e. The van der Waals surface area contributed by atoms with Gasteiger partial charge in [0.2, 0.25) is 11.9 Å². The fourth-order valence-corrected chi connectivity index (χ4v) is 4.03. The van der Waals surface area contributed by atoms with Gasteiger partial charge in [-0.3, -0.25) is 4.57 Å². The van der Waals surface area contributed by atoms with E-state index in [0.717, 1.165) is 31.4 Å². The molecule has 1 aliphatic rings. The summed E-state index contributed by atoms with van der Waals surface area (Å²) in [7, 11) is 0. The highest BCUT2D eigenvalue weighted by Crippen LogP contribution is 2.36. The van der Waals surface area contributed by atoms with Gasteiger partial charge in [-0.15, -0.1) is 0 Å². The number of nitrogens with zero attached hydrogens (tertiary/aromatic N) is 5. The summed E-state index contributed by atoms with van der Waals surface area (Å²) in [5, 5.41) is 15.4. The first kappa shape index (κ1) is 19.0. The molecule has 31 heavy (non-hydrogen) atoms. The second-order valence-electron chi connectivity index (χ2n) is 7.57. The van der Waals surface area contributed by atoms with Crippen LogP contribution in [0.2, 0.25) is 0 Å². The summed E-state index contributed by atoms with van der Waals surface area (Å²) >= 11 is 0. The first-order valence-electron chi connectivity index (χ1n) is 10.2. The van der Waals surface area contributed by atoms with Crippen molar-refractivity contribution in [3.8, 4) is 6.07 Å². The molecule has 0 aliphatic heterocycles. The van der Waals surface area contributed by atoms with E-state index in [2.05, 4.69) is 31.2 Å². The number of para-hydroxylation sites is 1. The average molecular weight is 413 g/mol. The Morgan fingerprint density at radius 3 is 2.68 bits per heavy atom. The molecule has 1 aliphatic carbocycles. The van der Waals surface area contributed by atoms with Crippen molar-refractivity contribution in [2.45, 2.75) is 31.7 Å². The molecule has 0 saturated heterocycles. The molecule has 2 aromatic carbocycles. The fraction of sp³-hybridized carbons (Fsp3) is 0.217. The number of imidazole rings is 1. The molecule has 2 aromatic heterocycles. The third-order valence-corrected chi connectivity index (χ3v) is 5.49. The van der Waals surface area contributed by atoms with Crippen molar-refractivity contribution in [1.82, 2.24) is 19.5 Å². The van der Waals surface area contributed by atoms with Gasteiger partial charge in [0.1, 0.15) is 11.3 Å². The maximum Gasteiger partial charge on any atom is 0.229 e. The van der Waals surface area contributed by atoms with E-state index in [1.807, 2.05) is 6.07 Å². The van der Waals surface area contributed by atoms with Crippen LogP contribution in [0.5, 0.6) is 0 Å². The molecule has 0 radical (unpaired) electrons. The van der Waals surface area contributed by atoms with Gasteiger partial charge >= 0.3 is 0 Å². The summed E-state index contributed by atoms with van der Waals surface area (Å²) in [6.45, 7) is 0. The summed E-state index contributed by atoms with van der Waals surface area (Å²) in [5.41, 5.74) is 2.99. The molecule has 4 aromatic rings. The van der Waals surface area contributed by atoms with Gasteiger partial charge < -0.3 is 10.6 Å². The molecule has 1 fully saturated rings. The van der Waals surface area contributed by atoms with E-state index in [0.29, 0.717) is 34.3 Å². The summed E-state index contributed by atoms with van der Waals surface area (Å²) in [6, 6.07) is 16.1. The number of halogens is 1. The van der Waals surface area contributed by atoms with E-state index in [1.165, 1.54) is 6.07 Å². The number of fused-ring (bicyclic) bond motifs is 1. The highest BCUT2D eigenvalue weighted by molar-refractivity contribution is 5.77. The van der Waals surface area contributed by atoms with Gasteiger partial charge in [-0.2, -0.15) is 10.2 Å². The highest BCUT2D eigenvalue weighted by Gasteiger charge is 2.24. The Morgan fingerprint density at radius 2 is 1.87 bits per heavy atom. The standard InChI is InChI=1S/C23H20FN7/c24-18-10-3-4-11-19(18)28-23-29-20-14-26-22(27-16-7-5-6-15(12-16)13-25)30-21(20)31(23)17-8-1-2-9-17/h3-7,10-12,14,17H,1-2,8-9H2,(H,28,29)(H,26,27,30). The van der Waals surface area contributed by atoms with Crippen LogP contribution in [0.25, 0.3) is 11.2 Å². The van der Waals surface area contributed by atoms with E-state index < -0.39 is 0 Å². The second-order valence-corrected chi connectivity index (χ2v) is 7.57. The third kappa shape index (κ3) is 3.78. The number of aromatic nitrogens is 4. The molecule has 0 spiro atoms. The number of nitrogens with one attached hydrogen (secondary N) is 2. The fourth-order valence-electron chi connectivity index (χ4n) is 4.03. The van der Waals surface area contributed by atoms with Crippen molar-refractivity contribution in [1.29, 1.82) is 5.26 Å². The zero-order valence-corrected chi connectivity index (χ0v) is 16.7. The summed E-state index contributed by atoms with van der Waals surface area (Å²) in [6.07, 6.45) is 5.99. The van der Waals surface area contributed by atoms with Crippen molar-refractivity contribution >= 4 is 34.4 Å². The lowest BCUT2D eigenvalue weighted by Crippen LogP contribution is -2.10. The first-order valence-corrected chi connectivity index (χ1v) is 10.2. The van der Waals surface area contributed by atoms with E-state index in [9.17, 15) is 4.39 Å². The van der Waals surface area contributed by atoms with E-state index in [4.69, 9.17) is 10.2 Å². The Kier molecular flexibility index (Phi) is 4.92. The number of hydrogen-bond acceptors (Lipinski definition) is 6. The Morgan fingerprint density at radius 1 is 1.03 bits per heavy atom. The van der Waals surface area contributed by atoms with Crippen LogP contribution in [0.1, 0.15) is 37.3 Å². The molecular formula is C23H20FN7. The van der Waals surface area contributed by atoms with E-state index in [1.54, 1.807) is 42.6 Å². The lowest BCUT2D eigenvalue weighted by atomic mass is 10.2. The molecule has 2 N–H and O–H groups in total. The van der Waals surface area contributed by atoms with Gasteiger partial charge in [0, 0.05) is 11.7 Å². The monoisotopic (exact) mass is 413 g/mol. The van der Waals surface area contributed by atoms with Gasteiger partial charge in [0.25, 0.3) is 0 Å². The van der Waals surface area contributed by atoms with Gasteiger partial charge in [-0.1, -0.05) is 31.0 Å². The van der Waals surface area contributed by atoms with Crippen molar-refractivity contribution in [3.05, 3.63) is 66.1 Å². The van der Waals surface area contributed by atoms with Crippen LogP contribution in [0.4, 0.5) is 27.7 Å². The largest absolute Gasteiger partial charge is 0.324 e. The first-order chi connectivity index (χ1) is 15.2. The molecule has 1 saturated carbocycles. The van der Waals surface area contributed by atoms with Crippen molar-refractivity contribution in [2.24, 2.45) is 0 Å². The van der Waals surface area contributed by atoms with Crippen LogP contribution < -0.4 is 10.6 Å². The minimum atomic E-state index is -0.335. The molecule has 0 amide bonds. The van der Waals surface area contributed by atoms with Crippen LogP contribution in [0.15, 0.2) is 54.7 Å². The highest BCUT2D eigenvalue weighted by atomic mass is 19.1. The van der Waals surface area contributed by atoms with Gasteiger partial charge in [-0.05, 0) is 43.2 Å². The van der Waals surface area contributed by atoms with E-state index >= 15 is 0 Å². The van der Waals surface area contributed by atoms with Gasteiger partial charge in [0.05, 0.1) is 23.5 Å². The normalized spacial score (nSPS) is 13.9. The summed E-state index contributed by atoms with van der Waals surface area (Å²) < 4.78 is 16.3. The lowest BCUT2D eigenvalue weighted by Gasteiger charge is -2.17. The molecule has 5 rings (SSSR count). The number of anilines is 4. The number of rotatable bonds is 5. The second kappa shape index (κ2) is 8.03. The quantitative estimate of drug-likeness (QED) is 0.453. The van der Waals surface area contributed by atoms with Crippen LogP contribution in [0.3, 0.4) is 0 Å². The maximum absolute atomic E-state index is 14.2. The van der Waals surface area contributed by atoms with E-state index in [-0.39, 0.29) is 11.9 Å².